The summed E-state index contributed by atoms with van der Waals surface area (Å²) in [4.78, 5) is 4.08. The van der Waals surface area contributed by atoms with Gasteiger partial charge in [0.1, 0.15) is 5.82 Å². The molecule has 0 spiro atoms. The molecule has 8 heteroatoms. The lowest BCUT2D eigenvalue weighted by molar-refractivity contribution is 0.598. The van der Waals surface area contributed by atoms with E-state index in [1.807, 2.05) is 29.5 Å². The quantitative estimate of drug-likeness (QED) is 0.765. The third kappa shape index (κ3) is 3.26. The average molecular weight is 426 g/mol. The van der Waals surface area contributed by atoms with Crippen LogP contribution in [0.25, 0.3) is 0 Å². The molecule has 0 aliphatic heterocycles. The lowest BCUT2D eigenvalue weighted by Crippen LogP contribution is -2.14. The van der Waals surface area contributed by atoms with Gasteiger partial charge < -0.3 is 4.57 Å². The van der Waals surface area contributed by atoms with Crippen LogP contribution in [0.5, 0.6) is 0 Å². The van der Waals surface area contributed by atoms with E-state index in [-0.39, 0.29) is 5.03 Å². The maximum Gasteiger partial charge on any atom is 0.280 e. The van der Waals surface area contributed by atoms with Crippen molar-refractivity contribution in [1.29, 1.82) is 0 Å². The fraction of sp³-hybridized carbons (Fsp3) is 0.250. The van der Waals surface area contributed by atoms with Gasteiger partial charge in [-0.25, -0.2) is 4.98 Å². The summed E-state index contributed by atoms with van der Waals surface area (Å²) in [6.45, 7) is 4.38. The van der Waals surface area contributed by atoms with Gasteiger partial charge >= 0.3 is 0 Å². The van der Waals surface area contributed by atoms with Crippen LogP contribution in [0.3, 0.4) is 0 Å². The minimum atomic E-state index is -3.69. The van der Waals surface area contributed by atoms with E-state index in [1.165, 1.54) is 6.20 Å². The largest absolute Gasteiger partial charge is 0.334 e. The fourth-order valence-corrected chi connectivity index (χ4v) is 3.98. The van der Waals surface area contributed by atoms with Gasteiger partial charge in [0.25, 0.3) is 10.0 Å². The summed E-state index contributed by atoms with van der Waals surface area (Å²) >= 11 is 7.88. The summed E-state index contributed by atoms with van der Waals surface area (Å²) in [6.07, 6.45) is 1.53. The van der Waals surface area contributed by atoms with Crippen molar-refractivity contribution in [2.45, 2.75) is 25.4 Å². The monoisotopic (exact) mass is 425 g/mol. The highest BCUT2D eigenvalue weighted by Gasteiger charge is 2.20. The Morgan fingerprint density at radius 2 is 2.15 bits per heavy atom. The Bertz CT molecular complexity index is 743. The van der Waals surface area contributed by atoms with Gasteiger partial charge in [-0.05, 0) is 54.6 Å². The highest BCUT2D eigenvalue weighted by Crippen LogP contribution is 2.24. The molecule has 5 nitrogen and oxygen atoms in total. The van der Waals surface area contributed by atoms with Crippen molar-refractivity contribution in [3.63, 3.8) is 0 Å². The molecule has 1 aromatic heterocycles. The second-order valence-electron chi connectivity index (χ2n) is 4.14. The predicted octanol–water partition coefficient (Wildman–Crippen LogP) is 3.27. The van der Waals surface area contributed by atoms with E-state index in [4.69, 9.17) is 11.6 Å². The van der Waals surface area contributed by atoms with E-state index in [0.29, 0.717) is 23.1 Å². The number of anilines is 1. The maximum atomic E-state index is 12.3. The van der Waals surface area contributed by atoms with Crippen LogP contribution in [0.1, 0.15) is 12.7 Å². The van der Waals surface area contributed by atoms with Crippen molar-refractivity contribution < 1.29 is 8.42 Å². The fourth-order valence-electron chi connectivity index (χ4n) is 1.70. The average Bonchev–Trinajstić information content (AvgIpc) is 2.75. The molecule has 0 saturated carbocycles. The molecule has 0 bridgehead atoms. The number of benzene rings is 1. The first-order chi connectivity index (χ1) is 9.33. The third-order valence-electron chi connectivity index (χ3n) is 2.75. The van der Waals surface area contributed by atoms with Crippen molar-refractivity contribution in [3.8, 4) is 0 Å². The van der Waals surface area contributed by atoms with Gasteiger partial charge in [0, 0.05) is 21.3 Å². The Hall–Kier alpha value is -0.800. The second kappa shape index (κ2) is 5.90. The van der Waals surface area contributed by atoms with Crippen LogP contribution in [-0.2, 0) is 16.6 Å². The summed E-state index contributed by atoms with van der Waals surface area (Å²) in [5, 5.41) is 0.575. The predicted molar refractivity (Wildman–Crippen MR) is 87.6 cm³/mol. The molecule has 0 atom stereocenters. The molecule has 1 heterocycles. The maximum absolute atomic E-state index is 12.3. The Morgan fingerprint density at radius 1 is 1.45 bits per heavy atom. The van der Waals surface area contributed by atoms with E-state index < -0.39 is 10.0 Å². The Morgan fingerprint density at radius 3 is 2.70 bits per heavy atom. The van der Waals surface area contributed by atoms with Gasteiger partial charge in [0.15, 0.2) is 5.03 Å². The van der Waals surface area contributed by atoms with Crippen molar-refractivity contribution in [2.75, 3.05) is 4.72 Å². The van der Waals surface area contributed by atoms with Crippen LogP contribution in [-0.4, -0.2) is 18.0 Å². The molecule has 0 radical (unpaired) electrons. The number of rotatable bonds is 4. The number of hydrogen-bond donors (Lipinski definition) is 1. The zero-order valence-corrected chi connectivity index (χ0v) is 14.6. The van der Waals surface area contributed by atoms with Crippen molar-refractivity contribution in [3.05, 3.63) is 38.8 Å². The summed E-state index contributed by atoms with van der Waals surface area (Å²) in [5.74, 6) is 0.665. The molecular formula is C12H13ClIN3O2S. The molecule has 2 aromatic rings. The molecule has 0 fully saturated rings. The molecule has 20 heavy (non-hydrogen) atoms. The van der Waals surface area contributed by atoms with E-state index >= 15 is 0 Å². The number of hydrogen-bond acceptors (Lipinski definition) is 3. The van der Waals surface area contributed by atoms with E-state index in [2.05, 4.69) is 9.71 Å². The molecule has 2 rings (SSSR count). The van der Waals surface area contributed by atoms with Crippen LogP contribution >= 0.6 is 34.2 Å². The summed E-state index contributed by atoms with van der Waals surface area (Å²) in [6, 6.07) is 4.96. The molecule has 0 amide bonds. The first-order valence-corrected chi connectivity index (χ1v) is 8.79. The van der Waals surface area contributed by atoms with Crippen molar-refractivity contribution in [1.82, 2.24) is 9.55 Å². The molecule has 0 aliphatic rings. The highest BCUT2D eigenvalue weighted by molar-refractivity contribution is 14.1. The van der Waals surface area contributed by atoms with Crippen molar-refractivity contribution in [2.24, 2.45) is 0 Å². The zero-order valence-electron chi connectivity index (χ0n) is 10.9. The van der Waals surface area contributed by atoms with E-state index in [1.54, 1.807) is 29.7 Å². The van der Waals surface area contributed by atoms with Crippen LogP contribution in [0.15, 0.2) is 29.4 Å². The Labute approximate surface area is 136 Å². The van der Waals surface area contributed by atoms with Crippen molar-refractivity contribution >= 4 is 49.9 Å². The highest BCUT2D eigenvalue weighted by atomic mass is 127. The minimum absolute atomic E-state index is 0.0163. The van der Waals surface area contributed by atoms with Crippen LogP contribution in [0, 0.1) is 10.5 Å². The number of imidazole rings is 1. The molecule has 1 aromatic carbocycles. The zero-order chi connectivity index (χ0) is 14.9. The van der Waals surface area contributed by atoms with Crippen LogP contribution < -0.4 is 4.72 Å². The lowest BCUT2D eigenvalue weighted by Gasteiger charge is -2.08. The number of nitrogens with zero attached hydrogens (tertiary/aromatic N) is 2. The SMILES string of the molecule is CCn1cc(S(=O)(=O)Nc2ccc(Cl)cc2I)nc1C. The van der Waals surface area contributed by atoms with E-state index in [9.17, 15) is 8.42 Å². The number of aromatic nitrogens is 2. The van der Waals surface area contributed by atoms with Gasteiger partial charge in [-0.2, -0.15) is 8.42 Å². The molecule has 108 valence electrons. The number of sulfonamides is 1. The molecule has 0 aliphatic carbocycles. The topological polar surface area (TPSA) is 64.0 Å². The Balaban J connectivity index is 2.35. The molecule has 1 N–H and O–H groups in total. The summed E-state index contributed by atoms with van der Waals surface area (Å²) < 4.78 is 29.6. The first kappa shape index (κ1) is 15.6. The number of nitrogens with one attached hydrogen (secondary N) is 1. The minimum Gasteiger partial charge on any atom is -0.334 e. The summed E-state index contributed by atoms with van der Waals surface area (Å²) in [7, 11) is -3.69. The molecular weight excluding hydrogens is 413 g/mol. The van der Waals surface area contributed by atoms with Crippen LogP contribution in [0.2, 0.25) is 5.02 Å². The van der Waals surface area contributed by atoms with E-state index in [0.717, 1.165) is 3.57 Å². The number of aryl methyl sites for hydroxylation is 2. The number of halogens is 2. The third-order valence-corrected chi connectivity index (χ3v) is 5.11. The molecule has 0 saturated heterocycles. The lowest BCUT2D eigenvalue weighted by atomic mass is 10.3. The van der Waals surface area contributed by atoms with Gasteiger partial charge in [-0.15, -0.1) is 0 Å². The standard InChI is InChI=1S/C12H13ClIN3O2S/c1-3-17-7-12(15-8(17)2)20(18,19)16-11-5-4-9(13)6-10(11)14/h4-7,16H,3H2,1-2H3. The normalized spacial score (nSPS) is 11.6. The van der Waals surface area contributed by atoms with Gasteiger partial charge in [0.05, 0.1) is 5.69 Å². The molecule has 0 unspecified atom stereocenters. The van der Waals surface area contributed by atoms with Crippen LogP contribution in [0.4, 0.5) is 5.69 Å². The smallest absolute Gasteiger partial charge is 0.280 e. The van der Waals surface area contributed by atoms with Gasteiger partial charge in [-0.1, -0.05) is 11.6 Å². The van der Waals surface area contributed by atoms with Gasteiger partial charge in [-0.3, -0.25) is 4.72 Å². The van der Waals surface area contributed by atoms with Gasteiger partial charge in [0.2, 0.25) is 0 Å². The first-order valence-electron chi connectivity index (χ1n) is 5.85. The Kier molecular flexibility index (Phi) is 4.60. The second-order valence-corrected chi connectivity index (χ2v) is 7.37. The summed E-state index contributed by atoms with van der Waals surface area (Å²) in [5.41, 5.74) is 0.485.